The average Bonchev–Trinajstić information content (AvgIpc) is 2.82. The van der Waals surface area contributed by atoms with Crippen LogP contribution < -0.4 is 0 Å². The number of ether oxygens (including phenoxy) is 1. The van der Waals surface area contributed by atoms with E-state index in [0.29, 0.717) is 29.7 Å². The number of hydrogen-bond donors (Lipinski definition) is 2. The molecule has 0 saturated carbocycles. The number of phenolic OH excluding ortho intramolecular Hbond substituents is 2. The number of furan rings is 1. The monoisotopic (exact) mass is 288 g/mol. The lowest BCUT2D eigenvalue weighted by atomic mass is 10.0. The number of carbonyl (C=O) groups excluding carboxylic acids is 1. The Hall–Kier alpha value is -2.43. The van der Waals surface area contributed by atoms with E-state index in [1.165, 1.54) is 12.1 Å². The van der Waals surface area contributed by atoms with Gasteiger partial charge >= 0.3 is 5.97 Å². The Balaban J connectivity index is 2.14. The molecule has 1 aromatic heterocycles. The summed E-state index contributed by atoms with van der Waals surface area (Å²) < 4.78 is 11.1. The molecule has 110 valence electrons. The Morgan fingerprint density at radius 3 is 2.86 bits per heavy atom. The van der Waals surface area contributed by atoms with E-state index in [1.54, 1.807) is 6.07 Å². The van der Waals surface area contributed by atoms with Crippen LogP contribution in [0.5, 0.6) is 11.5 Å². The van der Waals surface area contributed by atoms with E-state index in [4.69, 9.17) is 9.15 Å². The fraction of sp³-hybridized carbons (Fsp3) is 0.312. The predicted molar refractivity (Wildman–Crippen MR) is 75.1 cm³/mol. The van der Waals surface area contributed by atoms with Crippen molar-refractivity contribution < 1.29 is 24.2 Å². The molecule has 2 aromatic rings. The van der Waals surface area contributed by atoms with E-state index < -0.39 is 0 Å². The number of fused-ring (bicyclic) bond motifs is 4. The van der Waals surface area contributed by atoms with Gasteiger partial charge in [0.15, 0.2) is 0 Å². The topological polar surface area (TPSA) is 79.9 Å². The smallest absolute Gasteiger partial charge is 0.310 e. The second kappa shape index (κ2) is 5.16. The highest BCUT2D eigenvalue weighted by molar-refractivity contribution is 5.80. The fourth-order valence-corrected chi connectivity index (χ4v) is 2.57. The van der Waals surface area contributed by atoms with Crippen molar-refractivity contribution in [2.75, 3.05) is 0 Å². The third-order valence-corrected chi connectivity index (χ3v) is 3.56. The van der Waals surface area contributed by atoms with Gasteiger partial charge < -0.3 is 19.4 Å². The van der Waals surface area contributed by atoms with Crippen LogP contribution in [0, 0.1) is 0 Å². The quantitative estimate of drug-likeness (QED) is 0.729. The maximum absolute atomic E-state index is 12.0. The summed E-state index contributed by atoms with van der Waals surface area (Å²) in [6, 6.07) is 6.29. The molecule has 0 amide bonds. The minimum atomic E-state index is -0.388. The Bertz CT molecular complexity index is 686. The first-order chi connectivity index (χ1) is 10.0. The number of cyclic esters (lactones) is 1. The molecule has 2 bridgehead atoms. The molecule has 1 aliphatic heterocycles. The van der Waals surface area contributed by atoms with Gasteiger partial charge in [-0.05, 0) is 37.1 Å². The third kappa shape index (κ3) is 2.72. The van der Waals surface area contributed by atoms with Crippen molar-refractivity contribution in [3.8, 4) is 22.8 Å². The van der Waals surface area contributed by atoms with Crippen LogP contribution in [-0.2, 0) is 22.4 Å². The minimum absolute atomic E-state index is 0.0301. The first-order valence-corrected chi connectivity index (χ1v) is 6.86. The molecular formula is C16H16O5. The van der Waals surface area contributed by atoms with Crippen LogP contribution in [0.15, 0.2) is 28.7 Å². The van der Waals surface area contributed by atoms with Gasteiger partial charge in [0.25, 0.3) is 0 Å². The molecule has 3 rings (SSSR count). The highest BCUT2D eigenvalue weighted by atomic mass is 16.5. The van der Waals surface area contributed by atoms with Gasteiger partial charge in [0.2, 0.25) is 0 Å². The predicted octanol–water partition coefficient (Wildman–Crippen LogP) is 2.78. The number of esters is 1. The number of aryl methyl sites for hydroxylation is 1. The molecule has 5 nitrogen and oxygen atoms in total. The summed E-state index contributed by atoms with van der Waals surface area (Å²) in [6.07, 6.45) is 1.09. The van der Waals surface area contributed by atoms with E-state index in [9.17, 15) is 15.0 Å². The lowest BCUT2D eigenvalue weighted by molar-refractivity contribution is -0.147. The summed E-state index contributed by atoms with van der Waals surface area (Å²) >= 11 is 0. The third-order valence-electron chi connectivity index (χ3n) is 3.56. The lowest BCUT2D eigenvalue weighted by Gasteiger charge is -2.13. The Labute approximate surface area is 121 Å². The van der Waals surface area contributed by atoms with Gasteiger partial charge in [0, 0.05) is 12.5 Å². The number of phenols is 2. The molecule has 0 saturated heterocycles. The zero-order valence-electron chi connectivity index (χ0n) is 11.6. The van der Waals surface area contributed by atoms with Gasteiger partial charge in [0.1, 0.15) is 23.0 Å². The summed E-state index contributed by atoms with van der Waals surface area (Å²) in [7, 11) is 0. The average molecular weight is 288 g/mol. The molecule has 1 aliphatic rings. The maximum Gasteiger partial charge on any atom is 0.310 e. The van der Waals surface area contributed by atoms with Crippen LogP contribution >= 0.6 is 0 Å². The summed E-state index contributed by atoms with van der Waals surface area (Å²) in [5.74, 6) is 0.647. The molecule has 0 fully saturated rings. The van der Waals surface area contributed by atoms with Crippen molar-refractivity contribution in [1.29, 1.82) is 0 Å². The molecule has 1 aromatic carbocycles. The van der Waals surface area contributed by atoms with Crippen molar-refractivity contribution in [2.24, 2.45) is 0 Å². The van der Waals surface area contributed by atoms with E-state index in [1.807, 2.05) is 13.0 Å². The van der Waals surface area contributed by atoms with Gasteiger partial charge in [-0.1, -0.05) is 0 Å². The Morgan fingerprint density at radius 2 is 2.05 bits per heavy atom. The molecule has 5 heteroatoms. The van der Waals surface area contributed by atoms with Gasteiger partial charge in [0.05, 0.1) is 18.1 Å². The van der Waals surface area contributed by atoms with Crippen molar-refractivity contribution in [3.63, 3.8) is 0 Å². The number of rotatable bonds is 0. The molecule has 2 heterocycles. The molecule has 0 spiro atoms. The van der Waals surface area contributed by atoms with E-state index in [-0.39, 0.29) is 30.0 Å². The molecule has 21 heavy (non-hydrogen) atoms. The SMILES string of the molecule is C[C@@H]1CCc2ccc(o2)-c2c(O)cc(O)cc2CC(=O)O1. The highest BCUT2D eigenvalue weighted by Crippen LogP contribution is 2.38. The molecule has 0 unspecified atom stereocenters. The Morgan fingerprint density at radius 1 is 1.24 bits per heavy atom. The van der Waals surface area contributed by atoms with Crippen LogP contribution in [-0.4, -0.2) is 22.3 Å². The van der Waals surface area contributed by atoms with Crippen LogP contribution in [0.3, 0.4) is 0 Å². The van der Waals surface area contributed by atoms with Crippen LogP contribution in [0.2, 0.25) is 0 Å². The normalized spacial score (nSPS) is 18.5. The highest BCUT2D eigenvalue weighted by Gasteiger charge is 2.21. The van der Waals surface area contributed by atoms with Crippen molar-refractivity contribution in [3.05, 3.63) is 35.6 Å². The van der Waals surface area contributed by atoms with E-state index >= 15 is 0 Å². The standard InChI is InChI=1S/C16H16O5/c1-9-2-3-12-4-5-14(21-12)16-10(7-15(19)20-9)6-11(17)8-13(16)18/h4-6,8-9,17-18H,2-3,7H2,1H3/t9-/m1/s1. The zero-order chi connectivity index (χ0) is 15.0. The fourth-order valence-electron chi connectivity index (χ4n) is 2.57. The van der Waals surface area contributed by atoms with Crippen LogP contribution in [0.4, 0.5) is 0 Å². The number of benzene rings is 1. The van der Waals surface area contributed by atoms with Crippen molar-refractivity contribution in [1.82, 2.24) is 0 Å². The first-order valence-electron chi connectivity index (χ1n) is 6.86. The summed E-state index contributed by atoms with van der Waals surface area (Å²) in [4.78, 5) is 12.0. The van der Waals surface area contributed by atoms with E-state index in [0.717, 1.165) is 5.76 Å². The van der Waals surface area contributed by atoms with Gasteiger partial charge in [-0.2, -0.15) is 0 Å². The van der Waals surface area contributed by atoms with Crippen molar-refractivity contribution in [2.45, 2.75) is 32.3 Å². The van der Waals surface area contributed by atoms with Gasteiger partial charge in [-0.15, -0.1) is 0 Å². The molecule has 0 radical (unpaired) electrons. The van der Waals surface area contributed by atoms with Crippen LogP contribution in [0.1, 0.15) is 24.7 Å². The molecular weight excluding hydrogens is 272 g/mol. The zero-order valence-corrected chi connectivity index (χ0v) is 11.6. The summed E-state index contributed by atoms with van der Waals surface area (Å²) in [5, 5.41) is 19.7. The largest absolute Gasteiger partial charge is 0.508 e. The molecule has 1 atom stereocenters. The van der Waals surface area contributed by atoms with Gasteiger partial charge in [-0.25, -0.2) is 0 Å². The minimum Gasteiger partial charge on any atom is -0.508 e. The number of aromatic hydroxyl groups is 2. The van der Waals surface area contributed by atoms with Crippen LogP contribution in [0.25, 0.3) is 11.3 Å². The second-order valence-corrected chi connectivity index (χ2v) is 5.28. The molecule has 2 N–H and O–H groups in total. The number of carbonyl (C=O) groups is 1. The Kier molecular flexibility index (Phi) is 3.33. The molecule has 0 aliphatic carbocycles. The van der Waals surface area contributed by atoms with Crippen molar-refractivity contribution >= 4 is 5.97 Å². The second-order valence-electron chi connectivity index (χ2n) is 5.28. The number of hydrogen-bond acceptors (Lipinski definition) is 5. The first kappa shape index (κ1) is 13.5. The lowest BCUT2D eigenvalue weighted by Crippen LogP contribution is -2.17. The maximum atomic E-state index is 12.0. The van der Waals surface area contributed by atoms with Gasteiger partial charge in [-0.3, -0.25) is 4.79 Å². The van der Waals surface area contributed by atoms with E-state index in [2.05, 4.69) is 0 Å². The summed E-state index contributed by atoms with van der Waals surface area (Å²) in [5.41, 5.74) is 0.901. The summed E-state index contributed by atoms with van der Waals surface area (Å²) in [6.45, 7) is 1.83.